The third-order valence-corrected chi connectivity index (χ3v) is 3.05. The summed E-state index contributed by atoms with van der Waals surface area (Å²) in [7, 11) is 1.67. The molecule has 0 aliphatic rings. The van der Waals surface area contributed by atoms with Crippen molar-refractivity contribution in [2.24, 2.45) is 5.92 Å². The normalized spacial score (nSPS) is 14.2. The van der Waals surface area contributed by atoms with Crippen LogP contribution < -0.4 is 10.6 Å². The minimum Gasteiger partial charge on any atom is -0.383 e. The van der Waals surface area contributed by atoms with E-state index in [1.165, 1.54) is 0 Å². The first-order chi connectivity index (χ1) is 9.04. The number of rotatable bonds is 7. The highest BCUT2D eigenvalue weighted by Crippen LogP contribution is 2.07. The van der Waals surface area contributed by atoms with Crippen molar-refractivity contribution in [2.75, 3.05) is 19.0 Å². The molecule has 1 rings (SSSR count). The Kier molecular flexibility index (Phi) is 6.53. The summed E-state index contributed by atoms with van der Waals surface area (Å²) in [5.74, 6) is 0.375. The lowest BCUT2D eigenvalue weighted by Crippen LogP contribution is -2.48. The average molecular weight is 264 g/mol. The first kappa shape index (κ1) is 15.7. The standard InChI is InChI=1S/C15H24N2O2/c1-11(2)14(10-19-4)16-12(3)15(18)17-13-8-6-5-7-9-13/h5-9,11-12,14,16H,10H2,1-4H3,(H,17,18). The molecule has 0 aromatic heterocycles. The molecule has 0 aliphatic carbocycles. The Hall–Kier alpha value is -1.39. The Balaban J connectivity index is 2.52. The molecule has 0 spiro atoms. The number of amides is 1. The number of para-hydroxylation sites is 1. The van der Waals surface area contributed by atoms with E-state index in [1.807, 2.05) is 37.3 Å². The maximum absolute atomic E-state index is 12.1. The third kappa shape index (κ3) is 5.41. The molecule has 0 bridgehead atoms. The molecular weight excluding hydrogens is 240 g/mol. The largest absolute Gasteiger partial charge is 0.383 e. The number of hydrogen-bond donors (Lipinski definition) is 2. The number of benzene rings is 1. The zero-order valence-corrected chi connectivity index (χ0v) is 12.1. The van der Waals surface area contributed by atoms with Gasteiger partial charge < -0.3 is 15.4 Å². The lowest BCUT2D eigenvalue weighted by Gasteiger charge is -2.25. The van der Waals surface area contributed by atoms with Crippen molar-refractivity contribution < 1.29 is 9.53 Å². The summed E-state index contributed by atoms with van der Waals surface area (Å²) < 4.78 is 5.17. The van der Waals surface area contributed by atoms with E-state index in [0.29, 0.717) is 12.5 Å². The van der Waals surface area contributed by atoms with E-state index < -0.39 is 0 Å². The first-order valence-corrected chi connectivity index (χ1v) is 6.65. The average Bonchev–Trinajstić information content (AvgIpc) is 2.39. The summed E-state index contributed by atoms with van der Waals surface area (Å²) in [6, 6.07) is 9.37. The molecule has 2 atom stereocenters. The number of nitrogens with one attached hydrogen (secondary N) is 2. The minimum atomic E-state index is -0.261. The van der Waals surface area contributed by atoms with E-state index in [9.17, 15) is 4.79 Å². The molecule has 1 amide bonds. The van der Waals surface area contributed by atoms with Crippen molar-refractivity contribution in [3.63, 3.8) is 0 Å². The number of carbonyl (C=O) groups is 1. The van der Waals surface area contributed by atoms with Gasteiger partial charge in [-0.3, -0.25) is 4.79 Å². The molecule has 0 fully saturated rings. The zero-order valence-electron chi connectivity index (χ0n) is 12.1. The topological polar surface area (TPSA) is 50.4 Å². The van der Waals surface area contributed by atoms with Crippen LogP contribution >= 0.6 is 0 Å². The Bertz CT molecular complexity index is 379. The molecule has 4 heteroatoms. The van der Waals surface area contributed by atoms with Crippen LogP contribution in [0.25, 0.3) is 0 Å². The van der Waals surface area contributed by atoms with Gasteiger partial charge in [0.15, 0.2) is 0 Å². The fourth-order valence-electron chi connectivity index (χ4n) is 1.78. The summed E-state index contributed by atoms with van der Waals surface area (Å²) in [5.41, 5.74) is 0.814. The number of ether oxygens (including phenoxy) is 1. The van der Waals surface area contributed by atoms with Crippen molar-refractivity contribution in [2.45, 2.75) is 32.9 Å². The highest BCUT2D eigenvalue weighted by molar-refractivity contribution is 5.94. The van der Waals surface area contributed by atoms with Crippen LogP contribution in [-0.4, -0.2) is 31.7 Å². The van der Waals surface area contributed by atoms with Gasteiger partial charge in [-0.25, -0.2) is 0 Å². The van der Waals surface area contributed by atoms with Crippen LogP contribution in [0.1, 0.15) is 20.8 Å². The smallest absolute Gasteiger partial charge is 0.241 e. The second-order valence-electron chi connectivity index (χ2n) is 5.05. The van der Waals surface area contributed by atoms with Crippen molar-refractivity contribution in [3.8, 4) is 0 Å². The Morgan fingerprint density at radius 1 is 1.21 bits per heavy atom. The van der Waals surface area contributed by atoms with Gasteiger partial charge in [-0.1, -0.05) is 32.0 Å². The quantitative estimate of drug-likeness (QED) is 0.794. The van der Waals surface area contributed by atoms with Gasteiger partial charge in [0.05, 0.1) is 12.6 Å². The number of methoxy groups -OCH3 is 1. The SMILES string of the molecule is COCC(NC(C)C(=O)Nc1ccccc1)C(C)C. The van der Waals surface area contributed by atoms with E-state index in [2.05, 4.69) is 24.5 Å². The molecule has 19 heavy (non-hydrogen) atoms. The summed E-state index contributed by atoms with van der Waals surface area (Å²) in [4.78, 5) is 12.1. The van der Waals surface area contributed by atoms with Gasteiger partial charge in [0.1, 0.15) is 0 Å². The number of anilines is 1. The second kappa shape index (κ2) is 7.92. The van der Waals surface area contributed by atoms with Crippen LogP contribution in [0.5, 0.6) is 0 Å². The fraction of sp³-hybridized carbons (Fsp3) is 0.533. The molecule has 0 saturated heterocycles. The zero-order chi connectivity index (χ0) is 14.3. The highest BCUT2D eigenvalue weighted by Gasteiger charge is 2.20. The van der Waals surface area contributed by atoms with Gasteiger partial charge in [-0.05, 0) is 25.0 Å². The van der Waals surface area contributed by atoms with Crippen LogP contribution in [0.2, 0.25) is 0 Å². The van der Waals surface area contributed by atoms with Crippen LogP contribution in [0.4, 0.5) is 5.69 Å². The Morgan fingerprint density at radius 3 is 2.37 bits per heavy atom. The molecule has 2 N–H and O–H groups in total. The van der Waals surface area contributed by atoms with E-state index in [0.717, 1.165) is 5.69 Å². The third-order valence-electron chi connectivity index (χ3n) is 3.05. The highest BCUT2D eigenvalue weighted by atomic mass is 16.5. The summed E-state index contributed by atoms with van der Waals surface area (Å²) in [5, 5.41) is 6.19. The monoisotopic (exact) mass is 264 g/mol. The first-order valence-electron chi connectivity index (χ1n) is 6.65. The molecule has 0 aliphatic heterocycles. The fourth-order valence-corrected chi connectivity index (χ4v) is 1.78. The molecule has 106 valence electrons. The van der Waals surface area contributed by atoms with Crippen LogP contribution in [0.3, 0.4) is 0 Å². The van der Waals surface area contributed by atoms with Crippen LogP contribution in [-0.2, 0) is 9.53 Å². The van der Waals surface area contributed by atoms with E-state index in [-0.39, 0.29) is 18.0 Å². The molecular formula is C15H24N2O2. The van der Waals surface area contributed by atoms with Crippen LogP contribution in [0.15, 0.2) is 30.3 Å². The number of carbonyl (C=O) groups excluding carboxylic acids is 1. The van der Waals surface area contributed by atoms with E-state index in [4.69, 9.17) is 4.74 Å². The summed E-state index contributed by atoms with van der Waals surface area (Å²) in [6.07, 6.45) is 0. The summed E-state index contributed by atoms with van der Waals surface area (Å²) in [6.45, 7) is 6.68. The van der Waals surface area contributed by atoms with Gasteiger partial charge in [0, 0.05) is 18.8 Å². The lowest BCUT2D eigenvalue weighted by atomic mass is 10.0. The predicted octanol–water partition coefficient (Wildman–Crippen LogP) is 2.27. The van der Waals surface area contributed by atoms with Crippen molar-refractivity contribution in [3.05, 3.63) is 30.3 Å². The van der Waals surface area contributed by atoms with Gasteiger partial charge in [0.2, 0.25) is 5.91 Å². The molecule has 2 unspecified atom stereocenters. The van der Waals surface area contributed by atoms with Crippen molar-refractivity contribution in [1.82, 2.24) is 5.32 Å². The van der Waals surface area contributed by atoms with E-state index in [1.54, 1.807) is 7.11 Å². The molecule has 1 aromatic carbocycles. The van der Waals surface area contributed by atoms with Crippen molar-refractivity contribution in [1.29, 1.82) is 0 Å². The minimum absolute atomic E-state index is 0.0343. The predicted molar refractivity (Wildman–Crippen MR) is 78.2 cm³/mol. The van der Waals surface area contributed by atoms with Gasteiger partial charge in [0.25, 0.3) is 0 Å². The van der Waals surface area contributed by atoms with Gasteiger partial charge in [-0.2, -0.15) is 0 Å². The molecule has 0 radical (unpaired) electrons. The van der Waals surface area contributed by atoms with Crippen LogP contribution in [0, 0.1) is 5.92 Å². The van der Waals surface area contributed by atoms with E-state index >= 15 is 0 Å². The van der Waals surface area contributed by atoms with Gasteiger partial charge in [-0.15, -0.1) is 0 Å². The second-order valence-corrected chi connectivity index (χ2v) is 5.05. The molecule has 4 nitrogen and oxygen atoms in total. The lowest BCUT2D eigenvalue weighted by molar-refractivity contribution is -0.118. The number of hydrogen-bond acceptors (Lipinski definition) is 3. The summed E-state index contributed by atoms with van der Waals surface area (Å²) >= 11 is 0. The van der Waals surface area contributed by atoms with Crippen molar-refractivity contribution >= 4 is 11.6 Å². The Morgan fingerprint density at radius 2 is 1.84 bits per heavy atom. The molecule has 0 heterocycles. The molecule has 1 aromatic rings. The van der Waals surface area contributed by atoms with Gasteiger partial charge >= 0.3 is 0 Å². The maximum atomic E-state index is 12.1. The maximum Gasteiger partial charge on any atom is 0.241 e. The molecule has 0 saturated carbocycles. The Labute approximate surface area is 115 Å².